The molecule has 1 N–H and O–H groups in total. The molecule has 0 spiro atoms. The number of esters is 1. The second kappa shape index (κ2) is 16.6. The second-order valence-electron chi connectivity index (χ2n) is 10.5. The molecule has 0 bridgehead atoms. The fourth-order valence-corrected chi connectivity index (χ4v) is 5.98. The molecular formula is C32H40FNO7S. The van der Waals surface area contributed by atoms with Crippen molar-refractivity contribution < 1.29 is 36.7 Å². The van der Waals surface area contributed by atoms with Gasteiger partial charge in [0.15, 0.2) is 15.6 Å². The van der Waals surface area contributed by atoms with E-state index in [1.807, 2.05) is 13.8 Å². The van der Waals surface area contributed by atoms with Crippen molar-refractivity contribution in [3.8, 4) is 5.75 Å². The molecule has 0 saturated carbocycles. The monoisotopic (exact) mass is 601 g/mol. The van der Waals surface area contributed by atoms with Gasteiger partial charge in [-0.05, 0) is 67.1 Å². The first-order chi connectivity index (χ1) is 19.9. The molecule has 0 aliphatic heterocycles. The number of allylic oxidation sites excluding steroid dienone is 1. The van der Waals surface area contributed by atoms with E-state index in [-0.39, 0.29) is 35.9 Å². The minimum atomic E-state index is -4.00. The van der Waals surface area contributed by atoms with Crippen LogP contribution in [0.5, 0.6) is 5.75 Å². The molecule has 3 atom stereocenters. The number of sulfone groups is 1. The van der Waals surface area contributed by atoms with Crippen molar-refractivity contribution >= 4 is 27.5 Å². The van der Waals surface area contributed by atoms with Crippen molar-refractivity contribution in [1.82, 2.24) is 5.32 Å². The van der Waals surface area contributed by atoms with Gasteiger partial charge in [0.25, 0.3) is 0 Å². The summed E-state index contributed by atoms with van der Waals surface area (Å²) in [5.74, 6) is -3.91. The van der Waals surface area contributed by atoms with Crippen molar-refractivity contribution in [2.45, 2.75) is 50.5 Å². The number of carbonyl (C=O) groups excluding carboxylic acids is 3. The summed E-state index contributed by atoms with van der Waals surface area (Å²) in [5, 5.41) is 2.77. The number of rotatable bonds is 18. The first-order valence-corrected chi connectivity index (χ1v) is 15.4. The summed E-state index contributed by atoms with van der Waals surface area (Å²) in [6.45, 7) is 11.3. The third-order valence-electron chi connectivity index (χ3n) is 6.58. The van der Waals surface area contributed by atoms with Crippen molar-refractivity contribution in [2.24, 2.45) is 17.8 Å². The maximum Gasteiger partial charge on any atom is 0.309 e. The quantitative estimate of drug-likeness (QED) is 0.147. The van der Waals surface area contributed by atoms with Crippen LogP contribution in [0.2, 0.25) is 0 Å². The molecule has 228 valence electrons. The summed E-state index contributed by atoms with van der Waals surface area (Å²) in [7, 11) is -2.77. The number of hydrogen-bond donors (Lipinski definition) is 1. The van der Waals surface area contributed by atoms with Crippen molar-refractivity contribution in [3.05, 3.63) is 85.2 Å². The maximum absolute atomic E-state index is 13.7. The van der Waals surface area contributed by atoms with Crippen LogP contribution in [0.3, 0.4) is 0 Å². The average molecular weight is 602 g/mol. The smallest absolute Gasteiger partial charge is 0.309 e. The Morgan fingerprint density at radius 1 is 0.976 bits per heavy atom. The Labute approximate surface area is 247 Å². The molecule has 8 nitrogen and oxygen atoms in total. The fraction of sp³-hybridized carbons (Fsp3) is 0.406. The molecule has 2 aromatic carbocycles. The molecule has 0 unspecified atom stereocenters. The van der Waals surface area contributed by atoms with Crippen LogP contribution in [-0.4, -0.2) is 51.6 Å². The van der Waals surface area contributed by atoms with E-state index in [0.29, 0.717) is 24.3 Å². The summed E-state index contributed by atoms with van der Waals surface area (Å²) in [6.07, 6.45) is 3.53. The highest BCUT2D eigenvalue weighted by Gasteiger charge is 2.32. The van der Waals surface area contributed by atoms with E-state index in [4.69, 9.17) is 9.47 Å². The summed E-state index contributed by atoms with van der Waals surface area (Å²) in [5.41, 5.74) is 0.680. The zero-order chi connectivity index (χ0) is 31.3. The molecule has 2 rings (SSSR count). The Hall–Kier alpha value is -3.79. The summed E-state index contributed by atoms with van der Waals surface area (Å²) >= 11 is 0. The largest absolute Gasteiger partial charge is 0.490 e. The number of methoxy groups -OCH3 is 1. The van der Waals surface area contributed by atoms with Gasteiger partial charge in [-0.25, -0.2) is 12.8 Å². The normalized spacial score (nSPS) is 13.5. The van der Waals surface area contributed by atoms with Crippen LogP contribution in [0.4, 0.5) is 4.39 Å². The Morgan fingerprint density at radius 2 is 1.62 bits per heavy atom. The first kappa shape index (κ1) is 34.4. The number of nitrogens with one attached hydrogen (secondary N) is 1. The molecule has 0 aliphatic carbocycles. The van der Waals surface area contributed by atoms with Gasteiger partial charge in [0.05, 0.1) is 35.6 Å². The van der Waals surface area contributed by atoms with Gasteiger partial charge in [-0.2, -0.15) is 0 Å². The predicted octanol–water partition coefficient (Wildman–Crippen LogP) is 4.88. The van der Waals surface area contributed by atoms with Crippen LogP contribution in [-0.2, 0) is 35.4 Å². The van der Waals surface area contributed by atoms with E-state index in [9.17, 15) is 27.2 Å². The Kier molecular flexibility index (Phi) is 13.6. The predicted molar refractivity (Wildman–Crippen MR) is 159 cm³/mol. The lowest BCUT2D eigenvalue weighted by Gasteiger charge is -2.24. The molecule has 1 amide bonds. The average Bonchev–Trinajstić information content (AvgIpc) is 2.95. The molecule has 2 aromatic rings. The van der Waals surface area contributed by atoms with Crippen LogP contribution in [0.15, 0.2) is 78.7 Å². The zero-order valence-electron chi connectivity index (χ0n) is 24.4. The molecule has 0 fully saturated rings. The van der Waals surface area contributed by atoms with Crippen molar-refractivity contribution in [2.75, 3.05) is 19.5 Å². The number of benzene rings is 2. The van der Waals surface area contributed by atoms with Gasteiger partial charge in [0.1, 0.15) is 18.2 Å². The third-order valence-corrected chi connectivity index (χ3v) is 8.41. The van der Waals surface area contributed by atoms with Gasteiger partial charge in [0.2, 0.25) is 5.91 Å². The van der Waals surface area contributed by atoms with E-state index >= 15 is 0 Å². The number of carbonyl (C=O) groups is 3. The lowest BCUT2D eigenvalue weighted by molar-refractivity contribution is -0.147. The molecule has 0 radical (unpaired) electrons. The van der Waals surface area contributed by atoms with E-state index in [0.717, 1.165) is 24.3 Å². The maximum atomic E-state index is 13.7. The SMILES string of the molecule is C=CCOc1ccc(C[C@H](CS(=O)(=O)c2ccc(F)cc2)C(=O)N[C@@H](CC(C)C)C(=O)C[C@@H](CC=C)C(=O)OC)cc1. The standard InChI is InChI=1S/C32H40FNO7S/c1-6-8-24(32(37)40-5)20-30(35)29(18-22(3)4)34-31(36)25(19-23-9-13-27(14-10-23)41-17-7-2)21-42(38,39)28-15-11-26(33)12-16-28/h6-7,9-16,22,24-25,29H,1-2,8,17-21H2,3-5H3,(H,34,36)/t24-,25-,29+/m1/s1. The Bertz CT molecular complexity index is 1320. The second-order valence-corrected chi connectivity index (χ2v) is 12.5. The van der Waals surface area contributed by atoms with E-state index in [1.165, 1.54) is 13.2 Å². The number of halogens is 1. The highest BCUT2D eigenvalue weighted by Crippen LogP contribution is 2.22. The van der Waals surface area contributed by atoms with Crippen LogP contribution < -0.4 is 10.1 Å². The van der Waals surface area contributed by atoms with Crippen LogP contribution >= 0.6 is 0 Å². The minimum absolute atomic E-state index is 0.0136. The fourth-order valence-electron chi connectivity index (χ4n) is 4.44. The number of ether oxygens (including phenoxy) is 2. The summed E-state index contributed by atoms with van der Waals surface area (Å²) in [6, 6.07) is 10.3. The zero-order valence-corrected chi connectivity index (χ0v) is 25.2. The van der Waals surface area contributed by atoms with Gasteiger partial charge in [-0.15, -0.1) is 6.58 Å². The van der Waals surface area contributed by atoms with Crippen molar-refractivity contribution in [1.29, 1.82) is 0 Å². The Morgan fingerprint density at radius 3 is 2.17 bits per heavy atom. The van der Waals surface area contributed by atoms with Gasteiger partial charge in [0, 0.05) is 6.42 Å². The topological polar surface area (TPSA) is 116 Å². The van der Waals surface area contributed by atoms with Gasteiger partial charge in [-0.3, -0.25) is 14.4 Å². The lowest BCUT2D eigenvalue weighted by Crippen LogP contribution is -2.47. The van der Waals surface area contributed by atoms with Crippen LogP contribution in [0.25, 0.3) is 0 Å². The molecule has 0 aliphatic rings. The van der Waals surface area contributed by atoms with Gasteiger partial charge < -0.3 is 14.8 Å². The highest BCUT2D eigenvalue weighted by molar-refractivity contribution is 7.91. The highest BCUT2D eigenvalue weighted by atomic mass is 32.2. The lowest BCUT2D eigenvalue weighted by atomic mass is 9.91. The first-order valence-electron chi connectivity index (χ1n) is 13.7. The van der Waals surface area contributed by atoms with E-state index in [2.05, 4.69) is 18.5 Å². The molecule has 0 aromatic heterocycles. The number of Topliss-reactive ketones (excluding diaryl/α,β-unsaturated/α-hetero) is 1. The van der Waals surface area contributed by atoms with Crippen molar-refractivity contribution in [3.63, 3.8) is 0 Å². The number of hydrogen-bond acceptors (Lipinski definition) is 7. The van der Waals surface area contributed by atoms with Crippen LogP contribution in [0, 0.1) is 23.6 Å². The molecule has 42 heavy (non-hydrogen) atoms. The van der Waals surface area contributed by atoms with E-state index < -0.39 is 51.2 Å². The molecule has 0 heterocycles. The third kappa shape index (κ3) is 10.9. The minimum Gasteiger partial charge on any atom is -0.490 e. The molecule has 10 heteroatoms. The summed E-state index contributed by atoms with van der Waals surface area (Å²) in [4.78, 5) is 39.1. The van der Waals surface area contributed by atoms with Crippen LogP contribution in [0.1, 0.15) is 38.7 Å². The Balaban J connectivity index is 2.36. The van der Waals surface area contributed by atoms with E-state index in [1.54, 1.807) is 30.3 Å². The molecular weight excluding hydrogens is 561 g/mol. The summed E-state index contributed by atoms with van der Waals surface area (Å²) < 4.78 is 50.3. The number of ketones is 1. The number of amides is 1. The molecule has 0 saturated heterocycles. The van der Waals surface area contributed by atoms with Gasteiger partial charge in [-0.1, -0.05) is 44.7 Å². The van der Waals surface area contributed by atoms with Gasteiger partial charge >= 0.3 is 5.97 Å².